The molecule has 2 aromatic carbocycles. The number of carboxylic acid groups (broad SMARTS) is 1. The topological polar surface area (TPSA) is 286 Å². The summed E-state index contributed by atoms with van der Waals surface area (Å²) in [5.74, 6) is -4.27. The van der Waals surface area contributed by atoms with E-state index >= 15 is 0 Å². The second kappa shape index (κ2) is 16.3. The monoisotopic (exact) mass is 637 g/mol. The Morgan fingerprint density at radius 1 is 0.739 bits per heavy atom. The van der Waals surface area contributed by atoms with Crippen LogP contribution in [0.15, 0.2) is 60.9 Å². The minimum atomic E-state index is -1.27. The van der Waals surface area contributed by atoms with Crippen LogP contribution in [0.5, 0.6) is 0 Å². The normalized spacial score (nSPS) is 14.3. The highest BCUT2D eigenvalue weighted by Gasteiger charge is 2.27. The number of amides is 1. The number of carboxylic acids is 1. The summed E-state index contributed by atoms with van der Waals surface area (Å²) in [4.78, 5) is 63.2. The van der Waals surface area contributed by atoms with Gasteiger partial charge in [0.1, 0.15) is 30.3 Å². The van der Waals surface area contributed by atoms with Crippen LogP contribution in [0.2, 0.25) is 0 Å². The molecule has 0 saturated carbocycles. The number of carbonyl (C=O) groups is 5. The third-order valence-corrected chi connectivity index (χ3v) is 7.13. The molecule has 4 aromatic rings. The first-order chi connectivity index (χ1) is 21.8. The van der Waals surface area contributed by atoms with Gasteiger partial charge in [0.25, 0.3) is 0 Å². The molecule has 15 nitrogen and oxygen atoms in total. The van der Waals surface area contributed by atoms with Crippen LogP contribution >= 0.6 is 0 Å². The summed E-state index contributed by atoms with van der Waals surface area (Å²) in [5, 5.41) is 10.7. The summed E-state index contributed by atoms with van der Waals surface area (Å²) in [7, 11) is 0. The maximum absolute atomic E-state index is 11.9. The molecule has 4 rings (SSSR count). The van der Waals surface area contributed by atoms with E-state index in [9.17, 15) is 24.0 Å². The number of para-hydroxylation sites is 2. The highest BCUT2D eigenvalue weighted by molar-refractivity contribution is 5.92. The number of ether oxygens (including phenoxy) is 2. The Morgan fingerprint density at radius 2 is 1.20 bits per heavy atom. The summed E-state index contributed by atoms with van der Waals surface area (Å²) in [6.07, 6.45) is 3.07. The van der Waals surface area contributed by atoms with Crippen molar-refractivity contribution in [1.29, 1.82) is 0 Å². The molecule has 0 unspecified atom stereocenters. The molecule has 15 heteroatoms. The van der Waals surface area contributed by atoms with Gasteiger partial charge in [0, 0.05) is 53.5 Å². The lowest BCUT2D eigenvalue weighted by molar-refractivity contribution is -0.162. The molecule has 2 heterocycles. The quantitative estimate of drug-likeness (QED) is 0.0714. The third kappa shape index (κ3) is 9.70. The zero-order chi connectivity index (χ0) is 34.0. The molecule has 0 aliphatic heterocycles. The maximum Gasteiger partial charge on any atom is 0.330 e. The molecule has 0 spiro atoms. The molecule has 0 aliphatic carbocycles. The highest BCUT2D eigenvalue weighted by atomic mass is 16.6. The number of aliphatic carboxylic acids is 1. The molecule has 1 amide bonds. The number of aromatic amines is 2. The van der Waals surface area contributed by atoms with Gasteiger partial charge in [0.15, 0.2) is 0 Å². The average Bonchev–Trinajstić information content (AvgIpc) is 3.63. The zero-order valence-corrected chi connectivity index (χ0v) is 25.2. The van der Waals surface area contributed by atoms with E-state index in [1.54, 1.807) is 12.4 Å². The Kier molecular flexibility index (Phi) is 12.5. The number of H-pyrrole nitrogens is 2. The van der Waals surface area contributed by atoms with Crippen LogP contribution in [-0.2, 0) is 46.3 Å². The number of primary amides is 1. The van der Waals surface area contributed by atoms with Gasteiger partial charge in [0.05, 0.1) is 0 Å². The van der Waals surface area contributed by atoms with Gasteiger partial charge in [-0.15, -0.1) is 0 Å². The van der Waals surface area contributed by atoms with E-state index in [4.69, 9.17) is 38.5 Å². The second-order valence-corrected chi connectivity index (χ2v) is 10.7. The first kappa shape index (κ1) is 35.4. The molecule has 0 fully saturated rings. The predicted octanol–water partition coefficient (Wildman–Crippen LogP) is 0.0816. The largest absolute Gasteiger partial charge is 0.480 e. The SMILES string of the molecule is C[C@@H](OC(=O)[C@@H](N)Cc1c[nH]c2ccccc12)[C@H](N)C(=O)O.NC(=O)CC[C@H](N)C(=O)OC(=O)[C@@H](N)Cc1c[nH]c2ccccc12. The number of rotatable bonds is 13. The number of benzene rings is 2. The van der Waals surface area contributed by atoms with E-state index in [-0.39, 0.29) is 25.7 Å². The van der Waals surface area contributed by atoms with Crippen molar-refractivity contribution in [3.8, 4) is 0 Å². The maximum atomic E-state index is 11.9. The van der Waals surface area contributed by atoms with Crippen LogP contribution in [0.4, 0.5) is 0 Å². The van der Waals surface area contributed by atoms with E-state index in [0.717, 1.165) is 32.9 Å². The van der Waals surface area contributed by atoms with Crippen molar-refractivity contribution in [2.24, 2.45) is 28.7 Å². The van der Waals surface area contributed by atoms with Gasteiger partial charge in [-0.1, -0.05) is 36.4 Å². The van der Waals surface area contributed by atoms with Gasteiger partial charge < -0.3 is 53.2 Å². The number of hydrogen-bond donors (Lipinski definition) is 8. The molecular weight excluding hydrogens is 598 g/mol. The zero-order valence-electron chi connectivity index (χ0n) is 25.2. The summed E-state index contributed by atoms with van der Waals surface area (Å²) < 4.78 is 9.69. The van der Waals surface area contributed by atoms with Crippen LogP contribution in [0.25, 0.3) is 21.8 Å². The summed E-state index contributed by atoms with van der Waals surface area (Å²) >= 11 is 0. The minimum Gasteiger partial charge on any atom is -0.480 e. The number of fused-ring (bicyclic) bond motifs is 2. The first-order valence-electron chi connectivity index (χ1n) is 14.4. The molecule has 2 aromatic heterocycles. The summed E-state index contributed by atoms with van der Waals surface area (Å²) in [6.45, 7) is 1.43. The van der Waals surface area contributed by atoms with Crippen molar-refractivity contribution in [3.05, 3.63) is 72.1 Å². The van der Waals surface area contributed by atoms with Crippen LogP contribution in [-0.4, -0.2) is 75.1 Å². The molecule has 0 bridgehead atoms. The Labute approximate surface area is 263 Å². The molecule has 46 heavy (non-hydrogen) atoms. The van der Waals surface area contributed by atoms with Crippen LogP contribution in [0.3, 0.4) is 0 Å². The Hall–Kier alpha value is -5.09. The minimum absolute atomic E-state index is 0.0130. The van der Waals surface area contributed by atoms with E-state index < -0.39 is 60.1 Å². The predicted molar refractivity (Wildman–Crippen MR) is 169 cm³/mol. The fourth-order valence-corrected chi connectivity index (χ4v) is 4.45. The lowest BCUT2D eigenvalue weighted by Gasteiger charge is -2.19. The van der Waals surface area contributed by atoms with E-state index in [1.165, 1.54) is 6.92 Å². The number of aromatic nitrogens is 2. The molecule has 0 radical (unpaired) electrons. The van der Waals surface area contributed by atoms with Crippen molar-refractivity contribution < 1.29 is 38.6 Å². The fraction of sp³-hybridized carbons (Fsp3) is 0.323. The number of esters is 3. The molecule has 13 N–H and O–H groups in total. The average molecular weight is 638 g/mol. The van der Waals surface area contributed by atoms with E-state index in [0.29, 0.717) is 0 Å². The standard InChI is InChI=1S/C16H20N4O4.C15H19N3O4/c17-11(5-6-14(19)21)15(22)24-16(23)12(18)7-9-8-20-13-4-2-1-3-10(9)13;1-8(13(17)14(19)20)22-15(21)11(16)6-9-7-18-12-5-3-2-4-10(9)12/h1-4,8,11-12,20H,5-7,17-18H2,(H2,19,21);2-5,7-8,11,13,18H,6,16-17H2,1H3,(H,19,20)/t11-,12-;8-,11+,13+/m01/s1. The van der Waals surface area contributed by atoms with Crippen LogP contribution in [0, 0.1) is 0 Å². The van der Waals surface area contributed by atoms with Gasteiger partial charge in [0.2, 0.25) is 5.91 Å². The molecule has 246 valence electrons. The Bertz CT molecular complexity index is 1680. The molecule has 0 aliphatic rings. The van der Waals surface area contributed by atoms with Crippen molar-refractivity contribution in [2.45, 2.75) is 62.9 Å². The molecule has 0 saturated heterocycles. The van der Waals surface area contributed by atoms with Gasteiger partial charge in [-0.2, -0.15) is 0 Å². The smallest absolute Gasteiger partial charge is 0.330 e. The van der Waals surface area contributed by atoms with E-state index in [2.05, 4.69) is 14.7 Å². The molecular formula is C31H39N7O8. The van der Waals surface area contributed by atoms with Gasteiger partial charge in [-0.25, -0.2) is 9.59 Å². The second-order valence-electron chi connectivity index (χ2n) is 10.7. The first-order valence-corrected chi connectivity index (χ1v) is 14.4. The highest BCUT2D eigenvalue weighted by Crippen LogP contribution is 2.20. The van der Waals surface area contributed by atoms with Crippen molar-refractivity contribution >= 4 is 51.6 Å². The number of carbonyl (C=O) groups excluding carboxylic acids is 4. The lowest BCUT2D eigenvalue weighted by Crippen LogP contribution is -2.45. The number of nitrogens with one attached hydrogen (secondary N) is 2. The van der Waals surface area contributed by atoms with Gasteiger partial charge in [-0.05, 0) is 36.6 Å². The fourth-order valence-electron chi connectivity index (χ4n) is 4.45. The number of nitrogens with two attached hydrogens (primary N) is 5. The van der Waals surface area contributed by atoms with Crippen LogP contribution in [0.1, 0.15) is 30.9 Å². The lowest BCUT2D eigenvalue weighted by atomic mass is 10.1. The summed E-state index contributed by atoms with van der Waals surface area (Å²) in [5.41, 5.74) is 31.2. The molecule has 5 atom stereocenters. The van der Waals surface area contributed by atoms with Crippen LogP contribution < -0.4 is 28.7 Å². The Balaban J connectivity index is 0.000000251. The van der Waals surface area contributed by atoms with Crippen molar-refractivity contribution in [2.75, 3.05) is 0 Å². The van der Waals surface area contributed by atoms with Gasteiger partial charge in [-0.3, -0.25) is 14.4 Å². The third-order valence-electron chi connectivity index (χ3n) is 7.13. The Morgan fingerprint density at radius 3 is 1.67 bits per heavy atom. The van der Waals surface area contributed by atoms with Gasteiger partial charge >= 0.3 is 23.9 Å². The van der Waals surface area contributed by atoms with Crippen molar-refractivity contribution in [1.82, 2.24) is 9.97 Å². The van der Waals surface area contributed by atoms with E-state index in [1.807, 2.05) is 48.5 Å². The van der Waals surface area contributed by atoms with Crippen molar-refractivity contribution in [3.63, 3.8) is 0 Å². The number of hydrogen-bond acceptors (Lipinski definition) is 11. The summed E-state index contributed by atoms with van der Waals surface area (Å²) in [6, 6.07) is 11.0.